The first-order chi connectivity index (χ1) is 8.23. The second kappa shape index (κ2) is 7.20. The Morgan fingerprint density at radius 3 is 2.11 bits per heavy atom. The van der Waals surface area contributed by atoms with Gasteiger partial charge in [0, 0.05) is 5.57 Å². The van der Waals surface area contributed by atoms with Crippen molar-refractivity contribution < 1.29 is 18.8 Å². The van der Waals surface area contributed by atoms with Crippen molar-refractivity contribution in [2.75, 3.05) is 14.2 Å². The van der Waals surface area contributed by atoms with E-state index in [-0.39, 0.29) is 11.1 Å². The number of carbonyl (C=O) groups excluding carboxylic acids is 1. The maximum absolute atomic E-state index is 11.7. The summed E-state index contributed by atoms with van der Waals surface area (Å²) in [6.07, 6.45) is 1.60. The minimum atomic E-state index is -1.22. The molecule has 0 atom stereocenters. The van der Waals surface area contributed by atoms with Crippen molar-refractivity contribution in [3.63, 3.8) is 0 Å². The smallest absolute Gasteiger partial charge is 0.360 e. The molecular formula is C12H23NO4Si. The van der Waals surface area contributed by atoms with E-state index in [2.05, 4.69) is 5.16 Å². The van der Waals surface area contributed by atoms with Gasteiger partial charge in [-0.1, -0.05) is 25.9 Å². The third kappa shape index (κ3) is 5.35. The maximum atomic E-state index is 11.7. The Hall–Kier alpha value is -1.30. The number of rotatable bonds is 5. The fourth-order valence-electron chi connectivity index (χ4n) is 1.18. The number of oxime groups is 1. The molecule has 5 nitrogen and oxygen atoms in total. The summed E-state index contributed by atoms with van der Waals surface area (Å²) in [5, 5.41) is 3.75. The highest BCUT2D eigenvalue weighted by Crippen LogP contribution is 2.27. The normalized spacial score (nSPS) is 13.6. The van der Waals surface area contributed by atoms with E-state index >= 15 is 0 Å². The fraction of sp³-hybridized carbons (Fsp3) is 0.667. The molecule has 0 aliphatic carbocycles. The van der Waals surface area contributed by atoms with E-state index in [0.717, 1.165) is 0 Å². The molecule has 0 aromatic carbocycles. The van der Waals surface area contributed by atoms with Gasteiger partial charge in [-0.3, -0.25) is 0 Å². The quantitative estimate of drug-likeness (QED) is 0.253. The minimum absolute atomic E-state index is 0.141. The van der Waals surface area contributed by atoms with Crippen molar-refractivity contribution in [1.82, 2.24) is 0 Å². The summed E-state index contributed by atoms with van der Waals surface area (Å²) >= 11 is 0. The summed E-state index contributed by atoms with van der Waals surface area (Å²) in [5.41, 5.74) is 0.508. The molecule has 0 aliphatic heterocycles. The predicted octanol–water partition coefficient (Wildman–Crippen LogP) is 2.09. The molecule has 0 spiro atoms. The highest BCUT2D eigenvalue weighted by molar-refractivity contribution is 6.49. The Kier molecular flexibility index (Phi) is 6.68. The Labute approximate surface area is 111 Å². The largest absolute Gasteiger partial charge is 0.552 e. The van der Waals surface area contributed by atoms with Crippen molar-refractivity contribution >= 4 is 20.7 Å². The zero-order valence-corrected chi connectivity index (χ0v) is 13.4. The van der Waals surface area contributed by atoms with Gasteiger partial charge < -0.3 is 14.0 Å². The van der Waals surface area contributed by atoms with Gasteiger partial charge in [0.2, 0.25) is 9.04 Å². The van der Waals surface area contributed by atoms with Crippen LogP contribution in [0, 0.1) is 5.41 Å². The van der Waals surface area contributed by atoms with E-state index in [1.807, 2.05) is 33.9 Å². The molecular weight excluding hydrogens is 250 g/mol. The van der Waals surface area contributed by atoms with Crippen LogP contribution in [0.3, 0.4) is 0 Å². The molecule has 0 unspecified atom stereocenters. The summed E-state index contributed by atoms with van der Waals surface area (Å²) in [6, 6.07) is 0. The van der Waals surface area contributed by atoms with Crippen LogP contribution in [0.4, 0.5) is 0 Å². The van der Waals surface area contributed by atoms with E-state index in [1.54, 1.807) is 6.26 Å². The fourth-order valence-corrected chi connectivity index (χ4v) is 1.58. The van der Waals surface area contributed by atoms with Crippen molar-refractivity contribution in [1.29, 1.82) is 0 Å². The second-order valence-electron chi connectivity index (χ2n) is 5.08. The van der Waals surface area contributed by atoms with E-state index in [4.69, 9.17) is 14.0 Å². The number of hydrogen-bond donors (Lipinski definition) is 0. The maximum Gasteiger partial charge on any atom is 0.360 e. The third-order valence-corrected chi connectivity index (χ3v) is 2.76. The average Bonchev–Trinajstić information content (AvgIpc) is 2.24. The molecule has 0 bridgehead atoms. The highest BCUT2D eigenvalue weighted by Gasteiger charge is 2.29. The first-order valence-electron chi connectivity index (χ1n) is 5.80. The molecule has 0 saturated carbocycles. The molecule has 0 aromatic heterocycles. The Morgan fingerprint density at radius 2 is 1.78 bits per heavy atom. The lowest BCUT2D eigenvalue weighted by Gasteiger charge is -2.23. The zero-order valence-electron chi connectivity index (χ0n) is 12.2. The molecule has 0 heterocycles. The molecule has 0 aliphatic rings. The molecule has 0 N–H and O–H groups in total. The molecule has 6 heteroatoms. The average molecular weight is 273 g/mol. The van der Waals surface area contributed by atoms with Gasteiger partial charge in [-0.05, 0) is 18.5 Å². The number of carbonyl (C=O) groups is 1. The minimum Gasteiger partial charge on any atom is -0.552 e. The molecule has 0 radical (unpaired) electrons. The van der Waals surface area contributed by atoms with E-state index in [1.165, 1.54) is 14.2 Å². The van der Waals surface area contributed by atoms with Crippen LogP contribution < -0.4 is 0 Å². The first kappa shape index (κ1) is 16.7. The summed E-state index contributed by atoms with van der Waals surface area (Å²) in [6.45, 7) is 10.00. The number of ether oxygens (including phenoxy) is 1. The molecule has 0 rings (SSSR count). The van der Waals surface area contributed by atoms with Gasteiger partial charge in [0.05, 0.1) is 13.4 Å². The van der Waals surface area contributed by atoms with Crippen molar-refractivity contribution in [2.45, 2.75) is 33.9 Å². The molecule has 18 heavy (non-hydrogen) atoms. The Bertz CT molecular complexity index is 342. The lowest BCUT2D eigenvalue weighted by molar-refractivity contribution is -0.132. The van der Waals surface area contributed by atoms with Gasteiger partial charge in [0.15, 0.2) is 5.71 Å². The van der Waals surface area contributed by atoms with E-state index < -0.39 is 15.0 Å². The van der Waals surface area contributed by atoms with Crippen molar-refractivity contribution in [2.24, 2.45) is 10.6 Å². The Balaban J connectivity index is 5.46. The summed E-state index contributed by atoms with van der Waals surface area (Å²) < 4.78 is 10.3. The molecule has 0 saturated heterocycles. The number of nitrogens with zero attached hydrogens (tertiary/aromatic N) is 1. The monoisotopic (exact) mass is 273 g/mol. The number of methoxy groups -OCH3 is 1. The predicted molar refractivity (Wildman–Crippen MR) is 74.0 cm³/mol. The van der Waals surface area contributed by atoms with Crippen molar-refractivity contribution in [3.05, 3.63) is 11.8 Å². The molecule has 0 amide bonds. The van der Waals surface area contributed by atoms with Crippen LogP contribution >= 0.6 is 0 Å². The van der Waals surface area contributed by atoms with Gasteiger partial charge >= 0.3 is 5.97 Å². The van der Waals surface area contributed by atoms with Crippen LogP contribution in [0.15, 0.2) is 17.0 Å². The van der Waals surface area contributed by atoms with E-state index in [0.29, 0.717) is 5.57 Å². The van der Waals surface area contributed by atoms with Gasteiger partial charge in [0.1, 0.15) is 7.11 Å². The van der Waals surface area contributed by atoms with Crippen LogP contribution in [-0.2, 0) is 18.8 Å². The molecule has 104 valence electrons. The summed E-state index contributed by atoms with van der Waals surface area (Å²) in [5.74, 6) is -0.535. The Morgan fingerprint density at radius 1 is 1.22 bits per heavy atom. The number of esters is 1. The van der Waals surface area contributed by atoms with Crippen LogP contribution in [0.25, 0.3) is 0 Å². The van der Waals surface area contributed by atoms with Gasteiger partial charge in [-0.15, -0.1) is 0 Å². The second-order valence-corrected chi connectivity index (χ2v) is 7.45. The van der Waals surface area contributed by atoms with Crippen LogP contribution in [0.5, 0.6) is 0 Å². The van der Waals surface area contributed by atoms with Gasteiger partial charge in [0.25, 0.3) is 0 Å². The molecule has 0 fully saturated rings. The van der Waals surface area contributed by atoms with Crippen LogP contribution in [-0.4, -0.2) is 34.9 Å². The van der Waals surface area contributed by atoms with Crippen LogP contribution in [0.1, 0.15) is 20.8 Å². The lowest BCUT2D eigenvalue weighted by Crippen LogP contribution is -2.27. The lowest BCUT2D eigenvalue weighted by atomic mass is 9.84. The molecule has 0 aromatic rings. The van der Waals surface area contributed by atoms with Gasteiger partial charge in [-0.2, -0.15) is 0 Å². The number of hydrogen-bond acceptors (Lipinski definition) is 5. The highest BCUT2D eigenvalue weighted by atomic mass is 28.3. The van der Waals surface area contributed by atoms with Gasteiger partial charge in [-0.25, -0.2) is 4.79 Å². The summed E-state index contributed by atoms with van der Waals surface area (Å²) in [7, 11) is 1.48. The topological polar surface area (TPSA) is 57.1 Å². The SMILES string of the molecule is CON=C(C(=O)OC)C(=CO[SiH](C)C)C(C)(C)C. The zero-order chi connectivity index (χ0) is 14.3. The summed E-state index contributed by atoms with van der Waals surface area (Å²) in [4.78, 5) is 16.4. The van der Waals surface area contributed by atoms with Crippen molar-refractivity contribution in [3.8, 4) is 0 Å². The third-order valence-electron chi connectivity index (χ3n) is 2.08. The van der Waals surface area contributed by atoms with Crippen LogP contribution in [0.2, 0.25) is 13.1 Å². The first-order valence-corrected chi connectivity index (χ1v) is 8.58. The standard InChI is InChI=1S/C12H23NO4Si/c1-12(2,3)9(8-17-18(6)7)10(13-16-5)11(14)15-4/h8,18H,1-7H3. The van der Waals surface area contributed by atoms with E-state index in [9.17, 15) is 4.79 Å².